The van der Waals surface area contributed by atoms with Crippen molar-refractivity contribution in [3.8, 4) is 0 Å². The van der Waals surface area contributed by atoms with Crippen molar-refractivity contribution in [1.29, 1.82) is 0 Å². The minimum Gasteiger partial charge on any atom is -0.465 e. The summed E-state index contributed by atoms with van der Waals surface area (Å²) in [5.41, 5.74) is 3.41. The lowest BCUT2D eigenvalue weighted by atomic mass is 9.97. The number of imidazole rings is 1. The van der Waals surface area contributed by atoms with E-state index in [9.17, 15) is 14.4 Å². The molecule has 1 heterocycles. The summed E-state index contributed by atoms with van der Waals surface area (Å²) in [6.07, 6.45) is -1.16. The molecule has 0 atom stereocenters. The Bertz CT molecular complexity index is 1410. The first kappa shape index (κ1) is 22.2. The number of fused-ring (bicyclic) bond motifs is 1. The second-order valence-corrected chi connectivity index (χ2v) is 8.34. The number of amides is 2. The number of hydrogen-bond donors (Lipinski definition) is 3. The molecule has 9 heteroatoms. The highest BCUT2D eigenvalue weighted by molar-refractivity contribution is 9.10. The number of carbonyl (C=O) groups is 3. The third-order valence-corrected chi connectivity index (χ3v) is 5.69. The van der Waals surface area contributed by atoms with Crippen LogP contribution in [0.3, 0.4) is 0 Å². The number of aryl methyl sites for hydroxylation is 1. The van der Waals surface area contributed by atoms with Crippen LogP contribution in [0.4, 0.5) is 16.4 Å². The number of carbonyl (C=O) groups excluding carboxylic acids is 2. The van der Waals surface area contributed by atoms with Gasteiger partial charge in [0.2, 0.25) is 5.95 Å². The number of rotatable bonds is 5. The van der Waals surface area contributed by atoms with E-state index < -0.39 is 12.0 Å². The molecule has 0 unspecified atom stereocenters. The van der Waals surface area contributed by atoms with Crippen LogP contribution in [0.15, 0.2) is 65.1 Å². The van der Waals surface area contributed by atoms with Gasteiger partial charge in [-0.25, -0.2) is 9.78 Å². The molecule has 166 valence electrons. The third kappa shape index (κ3) is 4.49. The lowest BCUT2D eigenvalue weighted by Gasteiger charge is -2.12. The van der Waals surface area contributed by atoms with Crippen LogP contribution in [-0.2, 0) is 0 Å². The van der Waals surface area contributed by atoms with Gasteiger partial charge in [0.05, 0.1) is 16.6 Å². The average molecular weight is 507 g/mol. The molecule has 3 aromatic carbocycles. The van der Waals surface area contributed by atoms with Crippen LogP contribution in [0.2, 0.25) is 0 Å². The first-order chi connectivity index (χ1) is 15.7. The molecule has 0 bridgehead atoms. The van der Waals surface area contributed by atoms with Gasteiger partial charge in [0.25, 0.3) is 5.91 Å². The van der Waals surface area contributed by atoms with Crippen LogP contribution in [0.25, 0.3) is 11.0 Å². The molecule has 0 fully saturated rings. The Hall–Kier alpha value is -3.98. The fraction of sp³-hybridized carbons (Fsp3) is 0.0833. The molecule has 0 spiro atoms. The smallest absolute Gasteiger partial charge is 0.413 e. The molecule has 0 saturated carbocycles. The summed E-state index contributed by atoms with van der Waals surface area (Å²) >= 11 is 3.40. The molecule has 0 aliphatic heterocycles. The van der Waals surface area contributed by atoms with Crippen molar-refractivity contribution in [2.45, 2.75) is 6.92 Å². The van der Waals surface area contributed by atoms with Crippen molar-refractivity contribution in [2.75, 3.05) is 17.3 Å². The summed E-state index contributed by atoms with van der Waals surface area (Å²) in [5, 5.41) is 12.0. The predicted octanol–water partition coefficient (Wildman–Crippen LogP) is 5.23. The monoisotopic (exact) mass is 506 g/mol. The maximum absolute atomic E-state index is 13.3. The normalized spacial score (nSPS) is 10.8. The molecular formula is C24H19BrN4O4. The molecule has 0 radical (unpaired) electrons. The Morgan fingerprint density at radius 2 is 1.76 bits per heavy atom. The highest BCUT2D eigenvalue weighted by Crippen LogP contribution is 2.24. The quantitative estimate of drug-likeness (QED) is 0.320. The number of hydrogen-bond acceptors (Lipinski definition) is 4. The Morgan fingerprint density at radius 1 is 1.03 bits per heavy atom. The van der Waals surface area contributed by atoms with Crippen LogP contribution in [0.5, 0.6) is 0 Å². The minimum absolute atomic E-state index is 0.145. The lowest BCUT2D eigenvalue weighted by Crippen LogP contribution is -2.24. The van der Waals surface area contributed by atoms with Crippen LogP contribution in [-0.4, -0.2) is 39.9 Å². The summed E-state index contributed by atoms with van der Waals surface area (Å²) in [4.78, 5) is 45.6. The Labute approximate surface area is 197 Å². The summed E-state index contributed by atoms with van der Waals surface area (Å²) < 4.78 is 0.827. The number of anilines is 2. The van der Waals surface area contributed by atoms with Crippen molar-refractivity contribution >= 4 is 56.4 Å². The molecule has 0 saturated heterocycles. The zero-order valence-corrected chi connectivity index (χ0v) is 19.3. The fourth-order valence-corrected chi connectivity index (χ4v) is 3.70. The molecule has 8 nitrogen and oxygen atoms in total. The zero-order valence-electron chi connectivity index (χ0n) is 17.7. The highest BCUT2D eigenvalue weighted by Gasteiger charge is 2.20. The molecule has 0 aliphatic rings. The zero-order chi connectivity index (χ0) is 23.7. The van der Waals surface area contributed by atoms with Gasteiger partial charge in [0.1, 0.15) is 0 Å². The average Bonchev–Trinajstić information content (AvgIpc) is 3.23. The Morgan fingerprint density at radius 3 is 2.48 bits per heavy atom. The van der Waals surface area contributed by atoms with Crippen LogP contribution in [0, 0.1) is 6.92 Å². The van der Waals surface area contributed by atoms with E-state index in [-0.39, 0.29) is 22.9 Å². The van der Waals surface area contributed by atoms with Crippen LogP contribution in [0.1, 0.15) is 31.8 Å². The highest BCUT2D eigenvalue weighted by atomic mass is 79.9. The third-order valence-electron chi connectivity index (χ3n) is 5.20. The summed E-state index contributed by atoms with van der Waals surface area (Å²) in [6.45, 7) is 1.88. The number of benzene rings is 3. The van der Waals surface area contributed by atoms with Crippen molar-refractivity contribution in [3.63, 3.8) is 0 Å². The molecule has 33 heavy (non-hydrogen) atoms. The summed E-state index contributed by atoms with van der Waals surface area (Å²) in [7, 11) is 1.37. The van der Waals surface area contributed by atoms with Gasteiger partial charge in [-0.1, -0.05) is 40.2 Å². The topological polar surface area (TPSA) is 115 Å². The molecule has 2 amide bonds. The Balaban J connectivity index is 1.66. The molecule has 1 aromatic heterocycles. The van der Waals surface area contributed by atoms with Crippen LogP contribution < -0.4 is 10.2 Å². The number of carboxylic acid groups (broad SMARTS) is 1. The largest absolute Gasteiger partial charge is 0.465 e. The second-order valence-electron chi connectivity index (χ2n) is 7.42. The van der Waals surface area contributed by atoms with E-state index in [1.165, 1.54) is 7.05 Å². The van der Waals surface area contributed by atoms with E-state index in [0.717, 1.165) is 14.9 Å². The molecule has 4 rings (SSSR count). The van der Waals surface area contributed by atoms with Crippen molar-refractivity contribution in [3.05, 3.63) is 87.4 Å². The number of H-pyrrole nitrogens is 1. The van der Waals surface area contributed by atoms with Crippen molar-refractivity contribution in [1.82, 2.24) is 9.97 Å². The second kappa shape index (κ2) is 8.87. The van der Waals surface area contributed by atoms with E-state index in [4.69, 9.17) is 5.11 Å². The van der Waals surface area contributed by atoms with E-state index >= 15 is 0 Å². The van der Waals surface area contributed by atoms with E-state index in [2.05, 4.69) is 31.2 Å². The van der Waals surface area contributed by atoms with Gasteiger partial charge in [-0.15, -0.1) is 0 Å². The standard InChI is InChI=1S/C24H19BrN4O4/c1-13-7-9-15(25)12-19(13)26-22(31)17-6-4-3-5-16(17)21(30)14-8-10-18-20(11-14)28-23(27-18)29(2)24(32)33/h3-12H,1-2H3,(H,26,31)(H,27,28)(H,32,33). The van der Waals surface area contributed by atoms with Gasteiger partial charge in [-0.2, -0.15) is 0 Å². The van der Waals surface area contributed by atoms with Gasteiger partial charge in [-0.3, -0.25) is 14.5 Å². The summed E-state index contributed by atoms with van der Waals surface area (Å²) in [5.74, 6) is -0.587. The summed E-state index contributed by atoms with van der Waals surface area (Å²) in [6, 6.07) is 17.0. The molecular weight excluding hydrogens is 488 g/mol. The van der Waals surface area contributed by atoms with Crippen LogP contribution >= 0.6 is 15.9 Å². The van der Waals surface area contributed by atoms with Gasteiger partial charge in [-0.05, 0) is 48.9 Å². The first-order valence-corrected chi connectivity index (χ1v) is 10.7. The molecule has 0 aliphatic carbocycles. The predicted molar refractivity (Wildman–Crippen MR) is 129 cm³/mol. The van der Waals surface area contributed by atoms with E-state index in [1.807, 2.05) is 19.1 Å². The number of nitrogens with zero attached hydrogens (tertiary/aromatic N) is 2. The SMILES string of the molecule is Cc1ccc(Br)cc1NC(=O)c1ccccc1C(=O)c1ccc2nc(N(C)C(=O)O)[nH]c2c1. The number of nitrogens with one attached hydrogen (secondary N) is 2. The minimum atomic E-state index is -1.16. The van der Waals surface area contributed by atoms with Gasteiger partial charge in [0.15, 0.2) is 5.78 Å². The fourth-order valence-electron chi connectivity index (χ4n) is 3.34. The maximum atomic E-state index is 13.3. The Kier molecular flexibility index (Phi) is 5.97. The number of aromatic amines is 1. The number of aromatic nitrogens is 2. The van der Waals surface area contributed by atoms with Gasteiger partial charge in [0, 0.05) is 28.3 Å². The maximum Gasteiger partial charge on any atom is 0.413 e. The molecule has 3 N–H and O–H groups in total. The van der Waals surface area contributed by atoms with E-state index in [0.29, 0.717) is 22.3 Å². The van der Waals surface area contributed by atoms with Gasteiger partial charge >= 0.3 is 6.09 Å². The molecule has 4 aromatic rings. The van der Waals surface area contributed by atoms with Crippen molar-refractivity contribution < 1.29 is 19.5 Å². The van der Waals surface area contributed by atoms with Crippen molar-refractivity contribution in [2.24, 2.45) is 0 Å². The lowest BCUT2D eigenvalue weighted by molar-refractivity contribution is 0.0996. The number of halogens is 1. The first-order valence-electron chi connectivity index (χ1n) is 9.92. The van der Waals surface area contributed by atoms with Gasteiger partial charge < -0.3 is 15.4 Å². The number of ketones is 1. The van der Waals surface area contributed by atoms with E-state index in [1.54, 1.807) is 48.5 Å².